The number of rotatable bonds is 8. The molecule has 1 N–H and O–H groups in total. The summed E-state index contributed by atoms with van der Waals surface area (Å²) in [6, 6.07) is 0. The highest BCUT2D eigenvalue weighted by Gasteiger charge is 2.22. The minimum atomic E-state index is 0.0369. The normalized spacial score (nSPS) is 13.6. The maximum Gasteiger partial charge on any atom is 0.216 e. The van der Waals surface area contributed by atoms with Gasteiger partial charge in [0, 0.05) is 33.4 Å². The first-order chi connectivity index (χ1) is 7.37. The van der Waals surface area contributed by atoms with Crippen LogP contribution in [0.1, 0.15) is 34.1 Å². The molecule has 2 atom stereocenters. The Bertz CT molecular complexity index is 215. The molecule has 0 aliphatic heterocycles. The number of carbonyl (C=O) groups excluding carboxylic acids is 1. The SMILES string of the molecule is CC(=O)NCCSSC(C)(C)CC(C)OP. The second kappa shape index (κ2) is 8.62. The van der Waals surface area contributed by atoms with Crippen LogP contribution in [-0.4, -0.2) is 29.1 Å². The predicted molar refractivity (Wildman–Crippen MR) is 77.7 cm³/mol. The molecule has 0 bridgehead atoms. The van der Waals surface area contributed by atoms with Crippen LogP contribution in [0.4, 0.5) is 0 Å². The van der Waals surface area contributed by atoms with Gasteiger partial charge in [-0.2, -0.15) is 0 Å². The maximum absolute atomic E-state index is 10.6. The lowest BCUT2D eigenvalue weighted by atomic mass is 10.1. The van der Waals surface area contributed by atoms with E-state index in [1.807, 2.05) is 10.8 Å². The summed E-state index contributed by atoms with van der Waals surface area (Å²) in [5.41, 5.74) is 0. The van der Waals surface area contributed by atoms with Crippen molar-refractivity contribution >= 4 is 37.0 Å². The molecule has 6 heteroatoms. The van der Waals surface area contributed by atoms with Gasteiger partial charge in [-0.1, -0.05) is 21.6 Å². The Morgan fingerprint density at radius 1 is 1.56 bits per heavy atom. The molecule has 1 amide bonds. The van der Waals surface area contributed by atoms with Gasteiger partial charge in [-0.25, -0.2) is 0 Å². The average Bonchev–Trinajstić information content (AvgIpc) is 2.15. The summed E-state index contributed by atoms with van der Waals surface area (Å²) in [7, 11) is 5.95. The lowest BCUT2D eigenvalue weighted by molar-refractivity contribution is -0.118. The van der Waals surface area contributed by atoms with Crippen LogP contribution in [-0.2, 0) is 9.32 Å². The topological polar surface area (TPSA) is 38.3 Å². The van der Waals surface area contributed by atoms with Gasteiger partial charge in [0.2, 0.25) is 5.91 Å². The number of nitrogens with one attached hydrogen (secondary N) is 1. The van der Waals surface area contributed by atoms with Crippen LogP contribution in [0.3, 0.4) is 0 Å². The third-order valence-corrected chi connectivity index (χ3v) is 5.63. The summed E-state index contributed by atoms with van der Waals surface area (Å²) in [4.78, 5) is 10.6. The minimum absolute atomic E-state index is 0.0369. The number of hydrogen-bond acceptors (Lipinski definition) is 4. The molecule has 0 radical (unpaired) electrons. The highest BCUT2D eigenvalue weighted by Crippen LogP contribution is 2.39. The summed E-state index contributed by atoms with van der Waals surface area (Å²) in [6.07, 6.45) is 1.26. The summed E-state index contributed by atoms with van der Waals surface area (Å²) >= 11 is 0. The fourth-order valence-electron chi connectivity index (χ4n) is 1.24. The van der Waals surface area contributed by atoms with E-state index in [1.54, 1.807) is 17.7 Å². The van der Waals surface area contributed by atoms with E-state index in [1.165, 1.54) is 0 Å². The molecule has 0 aromatic heterocycles. The largest absolute Gasteiger partial charge is 0.363 e. The van der Waals surface area contributed by atoms with Crippen molar-refractivity contribution in [2.24, 2.45) is 0 Å². The smallest absolute Gasteiger partial charge is 0.216 e. The fraction of sp³-hybridized carbons (Fsp3) is 0.900. The van der Waals surface area contributed by atoms with Gasteiger partial charge in [0.15, 0.2) is 0 Å². The van der Waals surface area contributed by atoms with Crippen molar-refractivity contribution in [1.29, 1.82) is 0 Å². The fourth-order valence-corrected chi connectivity index (χ4v) is 3.89. The number of amides is 1. The van der Waals surface area contributed by atoms with Gasteiger partial charge in [-0.3, -0.25) is 4.79 Å². The second-order valence-corrected chi connectivity index (χ2v) is 7.69. The van der Waals surface area contributed by atoms with E-state index in [4.69, 9.17) is 4.52 Å². The molecule has 0 aliphatic rings. The highest BCUT2D eigenvalue weighted by molar-refractivity contribution is 8.77. The lowest BCUT2D eigenvalue weighted by Crippen LogP contribution is -2.23. The van der Waals surface area contributed by atoms with Crippen LogP contribution < -0.4 is 5.32 Å². The number of carbonyl (C=O) groups is 1. The second-order valence-electron chi connectivity index (χ2n) is 4.30. The zero-order chi connectivity index (χ0) is 12.6. The Hall–Kier alpha value is 0.560. The molecule has 2 unspecified atom stereocenters. The Labute approximate surface area is 109 Å². The third kappa shape index (κ3) is 9.76. The molecular formula is C10H22NO2PS2. The molecule has 16 heavy (non-hydrogen) atoms. The monoisotopic (exact) mass is 283 g/mol. The van der Waals surface area contributed by atoms with Crippen LogP contribution >= 0.6 is 31.1 Å². The molecule has 0 aromatic rings. The Balaban J connectivity index is 3.61. The molecule has 0 rings (SSSR count). The van der Waals surface area contributed by atoms with Crippen molar-refractivity contribution in [2.45, 2.75) is 45.0 Å². The van der Waals surface area contributed by atoms with E-state index in [-0.39, 0.29) is 16.8 Å². The van der Waals surface area contributed by atoms with Gasteiger partial charge in [-0.05, 0) is 27.2 Å². The lowest BCUT2D eigenvalue weighted by Gasteiger charge is -2.26. The molecule has 0 aliphatic carbocycles. The quantitative estimate of drug-likeness (QED) is 0.422. The number of hydrogen-bond donors (Lipinski definition) is 1. The summed E-state index contributed by atoms with van der Waals surface area (Å²) in [6.45, 7) is 8.77. The third-order valence-electron chi connectivity index (χ3n) is 1.86. The van der Waals surface area contributed by atoms with E-state index >= 15 is 0 Å². The van der Waals surface area contributed by atoms with E-state index < -0.39 is 0 Å². The van der Waals surface area contributed by atoms with Gasteiger partial charge in [-0.15, -0.1) is 0 Å². The van der Waals surface area contributed by atoms with Crippen molar-refractivity contribution in [1.82, 2.24) is 5.32 Å². The van der Waals surface area contributed by atoms with Crippen LogP contribution in [0.5, 0.6) is 0 Å². The van der Waals surface area contributed by atoms with Crippen LogP contribution in [0.2, 0.25) is 0 Å². The van der Waals surface area contributed by atoms with Crippen molar-refractivity contribution < 1.29 is 9.32 Å². The van der Waals surface area contributed by atoms with Gasteiger partial charge >= 0.3 is 0 Å². The Kier molecular flexibility index (Phi) is 8.92. The molecule has 0 saturated carbocycles. The summed E-state index contributed by atoms with van der Waals surface area (Å²) in [5, 5.41) is 2.78. The zero-order valence-corrected chi connectivity index (χ0v) is 13.2. The van der Waals surface area contributed by atoms with E-state index in [9.17, 15) is 4.79 Å². The molecule has 96 valence electrons. The molecule has 0 saturated heterocycles. The Morgan fingerprint density at radius 3 is 2.69 bits per heavy atom. The van der Waals surface area contributed by atoms with E-state index in [2.05, 4.69) is 35.6 Å². The van der Waals surface area contributed by atoms with Gasteiger partial charge in [0.25, 0.3) is 0 Å². The van der Waals surface area contributed by atoms with Gasteiger partial charge in [0.05, 0.1) is 6.10 Å². The molecular weight excluding hydrogens is 261 g/mol. The van der Waals surface area contributed by atoms with Crippen molar-refractivity contribution in [2.75, 3.05) is 12.3 Å². The molecule has 0 spiro atoms. The van der Waals surface area contributed by atoms with Crippen LogP contribution in [0.15, 0.2) is 0 Å². The zero-order valence-electron chi connectivity index (χ0n) is 10.4. The predicted octanol–water partition coefficient (Wildman–Crippen LogP) is 2.87. The summed E-state index contributed by atoms with van der Waals surface area (Å²) in [5.74, 6) is 0.971. The molecule has 0 heterocycles. The standard InChI is InChI=1S/C10H22NO2PS2/c1-8(13-14)7-10(3,4)16-15-6-5-11-9(2)12/h8H,5-7,14H2,1-4H3,(H,11,12). The van der Waals surface area contributed by atoms with E-state index in [0.29, 0.717) is 0 Å². The van der Waals surface area contributed by atoms with Crippen LogP contribution in [0.25, 0.3) is 0 Å². The minimum Gasteiger partial charge on any atom is -0.363 e. The first-order valence-corrected chi connectivity index (χ1v) is 8.07. The maximum atomic E-state index is 10.6. The molecule has 0 fully saturated rings. The first-order valence-electron chi connectivity index (χ1n) is 5.28. The molecule has 3 nitrogen and oxygen atoms in total. The van der Waals surface area contributed by atoms with Gasteiger partial charge < -0.3 is 9.84 Å². The molecule has 0 aromatic carbocycles. The van der Waals surface area contributed by atoms with Gasteiger partial charge in [0.1, 0.15) is 0 Å². The van der Waals surface area contributed by atoms with Crippen molar-refractivity contribution in [3.05, 3.63) is 0 Å². The summed E-state index contributed by atoms with van der Waals surface area (Å²) < 4.78 is 5.37. The average molecular weight is 283 g/mol. The highest BCUT2D eigenvalue weighted by atomic mass is 33.1. The van der Waals surface area contributed by atoms with E-state index in [0.717, 1.165) is 18.7 Å². The van der Waals surface area contributed by atoms with Crippen LogP contribution in [0, 0.1) is 0 Å². The first kappa shape index (κ1) is 16.6. The van der Waals surface area contributed by atoms with Crippen molar-refractivity contribution in [3.8, 4) is 0 Å². The van der Waals surface area contributed by atoms with Crippen molar-refractivity contribution in [3.63, 3.8) is 0 Å². The Morgan fingerprint density at radius 2 is 2.19 bits per heavy atom.